The maximum atomic E-state index is 3.79. The fourth-order valence-corrected chi connectivity index (χ4v) is 5.01. The van der Waals surface area contributed by atoms with Crippen molar-refractivity contribution in [3.8, 4) is 0 Å². The molecule has 2 aromatic rings. The first-order valence-corrected chi connectivity index (χ1v) is 8.28. The zero-order valence-electron chi connectivity index (χ0n) is 10.2. The van der Waals surface area contributed by atoms with Gasteiger partial charge in [-0.25, -0.2) is 0 Å². The molecular formula is C16H14Br2. The lowest BCUT2D eigenvalue weighted by Gasteiger charge is -2.26. The zero-order chi connectivity index (χ0) is 12.3. The molecule has 2 aliphatic rings. The largest absolute Gasteiger partial charge is 0.0505 e. The fraction of sp³-hybridized carbons (Fsp3) is 0.375. The van der Waals surface area contributed by atoms with E-state index in [1.54, 1.807) is 33.0 Å². The van der Waals surface area contributed by atoms with Gasteiger partial charge >= 0.3 is 0 Å². The molecule has 0 unspecified atom stereocenters. The minimum absolute atomic E-state index is 1.23. The summed E-state index contributed by atoms with van der Waals surface area (Å²) >= 11 is 7.59. The molecule has 2 heteroatoms. The van der Waals surface area contributed by atoms with Crippen molar-refractivity contribution in [1.29, 1.82) is 0 Å². The quantitative estimate of drug-likeness (QED) is 0.590. The third-order valence-corrected chi connectivity index (χ3v) is 5.84. The van der Waals surface area contributed by atoms with Gasteiger partial charge in [-0.2, -0.15) is 0 Å². The van der Waals surface area contributed by atoms with Crippen molar-refractivity contribution in [3.05, 3.63) is 43.3 Å². The van der Waals surface area contributed by atoms with Crippen LogP contribution in [-0.4, -0.2) is 0 Å². The maximum absolute atomic E-state index is 3.79. The van der Waals surface area contributed by atoms with Gasteiger partial charge in [0, 0.05) is 8.95 Å². The lowest BCUT2D eigenvalue weighted by molar-refractivity contribution is 0.781. The number of benzene rings is 2. The highest BCUT2D eigenvalue weighted by Gasteiger charge is 2.23. The topological polar surface area (TPSA) is 0 Å². The van der Waals surface area contributed by atoms with Crippen molar-refractivity contribution in [2.24, 2.45) is 0 Å². The van der Waals surface area contributed by atoms with E-state index in [1.165, 1.54) is 47.5 Å². The first kappa shape index (κ1) is 11.5. The van der Waals surface area contributed by atoms with E-state index in [4.69, 9.17) is 0 Å². The van der Waals surface area contributed by atoms with Crippen LogP contribution in [-0.2, 0) is 25.7 Å². The molecule has 0 nitrogen and oxygen atoms in total. The molecule has 0 spiro atoms. The molecule has 0 fully saturated rings. The van der Waals surface area contributed by atoms with Crippen LogP contribution in [0.25, 0.3) is 10.8 Å². The van der Waals surface area contributed by atoms with E-state index in [1.807, 2.05) is 0 Å². The van der Waals surface area contributed by atoms with Crippen LogP contribution in [0.15, 0.2) is 21.1 Å². The van der Waals surface area contributed by atoms with Gasteiger partial charge in [-0.3, -0.25) is 0 Å². The fourth-order valence-electron chi connectivity index (χ4n) is 3.67. The number of halogens is 2. The van der Waals surface area contributed by atoms with Gasteiger partial charge in [-0.1, -0.05) is 31.9 Å². The summed E-state index contributed by atoms with van der Waals surface area (Å²) in [5, 5.41) is 3.15. The predicted octanol–water partition coefficient (Wildman–Crippen LogP) is 5.34. The summed E-state index contributed by atoms with van der Waals surface area (Å²) in [6.07, 6.45) is 7.49. The normalized spacial score (nSPS) is 17.2. The maximum Gasteiger partial charge on any atom is 0.0216 e. The van der Waals surface area contributed by atoms with E-state index in [0.717, 1.165) is 0 Å². The van der Waals surface area contributed by atoms with Gasteiger partial charge in [0.15, 0.2) is 0 Å². The highest BCUT2D eigenvalue weighted by Crippen LogP contribution is 2.43. The van der Waals surface area contributed by atoms with Gasteiger partial charge < -0.3 is 0 Å². The Balaban J connectivity index is 2.25. The molecule has 2 aromatic carbocycles. The number of hydrogen-bond donors (Lipinski definition) is 0. The molecule has 18 heavy (non-hydrogen) atoms. The highest BCUT2D eigenvalue weighted by molar-refractivity contribution is 9.10. The number of aryl methyl sites for hydroxylation is 4. The lowest BCUT2D eigenvalue weighted by Crippen LogP contribution is -2.10. The molecule has 0 aliphatic heterocycles. The van der Waals surface area contributed by atoms with E-state index in [0.29, 0.717) is 0 Å². The van der Waals surface area contributed by atoms with Crippen LogP contribution in [0.1, 0.15) is 35.1 Å². The van der Waals surface area contributed by atoms with Gasteiger partial charge in [0.1, 0.15) is 0 Å². The lowest BCUT2D eigenvalue weighted by atomic mass is 9.80. The predicted molar refractivity (Wildman–Crippen MR) is 83.4 cm³/mol. The van der Waals surface area contributed by atoms with Crippen LogP contribution in [0.5, 0.6) is 0 Å². The summed E-state index contributed by atoms with van der Waals surface area (Å²) in [4.78, 5) is 0. The third kappa shape index (κ3) is 1.48. The molecule has 0 radical (unpaired) electrons. The van der Waals surface area contributed by atoms with E-state index in [2.05, 4.69) is 44.0 Å². The van der Waals surface area contributed by atoms with Crippen LogP contribution in [0.4, 0.5) is 0 Å². The second kappa shape index (κ2) is 4.08. The number of rotatable bonds is 0. The molecule has 0 heterocycles. The van der Waals surface area contributed by atoms with Crippen LogP contribution < -0.4 is 0 Å². The van der Waals surface area contributed by atoms with Gasteiger partial charge in [-0.05, 0) is 83.7 Å². The molecule has 0 saturated heterocycles. The monoisotopic (exact) mass is 364 g/mol. The minimum atomic E-state index is 1.23. The summed E-state index contributed by atoms with van der Waals surface area (Å²) in [5.41, 5.74) is 6.19. The molecule has 0 amide bonds. The SMILES string of the molecule is Brc1cc2c3c(c(Br)cc4c3c1CCC4)CCC2. The van der Waals surface area contributed by atoms with Crippen LogP contribution in [0, 0.1) is 0 Å². The average molecular weight is 366 g/mol. The Bertz CT molecular complexity index is 612. The summed E-state index contributed by atoms with van der Waals surface area (Å²) in [7, 11) is 0. The molecule has 2 aliphatic carbocycles. The molecule has 0 aromatic heterocycles. The Morgan fingerprint density at radius 1 is 0.667 bits per heavy atom. The van der Waals surface area contributed by atoms with E-state index < -0.39 is 0 Å². The van der Waals surface area contributed by atoms with Crippen molar-refractivity contribution < 1.29 is 0 Å². The molecule has 92 valence electrons. The Kier molecular flexibility index (Phi) is 2.60. The highest BCUT2D eigenvalue weighted by atomic mass is 79.9. The van der Waals surface area contributed by atoms with E-state index in [9.17, 15) is 0 Å². The van der Waals surface area contributed by atoms with Crippen molar-refractivity contribution in [1.82, 2.24) is 0 Å². The van der Waals surface area contributed by atoms with E-state index in [-0.39, 0.29) is 0 Å². The Labute approximate surface area is 124 Å². The number of hydrogen-bond acceptors (Lipinski definition) is 0. The second-order valence-electron chi connectivity index (χ2n) is 5.45. The van der Waals surface area contributed by atoms with Crippen LogP contribution >= 0.6 is 31.9 Å². The Hall–Kier alpha value is -0.340. The van der Waals surface area contributed by atoms with Crippen molar-refractivity contribution in [2.45, 2.75) is 38.5 Å². The Morgan fingerprint density at radius 2 is 1.11 bits per heavy atom. The third-order valence-electron chi connectivity index (χ3n) is 4.42. The smallest absolute Gasteiger partial charge is 0.0216 e. The van der Waals surface area contributed by atoms with Gasteiger partial charge in [0.05, 0.1) is 0 Å². The van der Waals surface area contributed by atoms with Crippen molar-refractivity contribution in [2.75, 3.05) is 0 Å². The Morgan fingerprint density at radius 3 is 1.56 bits per heavy atom. The molecular weight excluding hydrogens is 352 g/mol. The molecule has 4 rings (SSSR count). The zero-order valence-corrected chi connectivity index (χ0v) is 13.3. The second-order valence-corrected chi connectivity index (χ2v) is 7.16. The molecule has 0 saturated carbocycles. The molecule has 0 atom stereocenters. The van der Waals surface area contributed by atoms with Gasteiger partial charge in [0.2, 0.25) is 0 Å². The summed E-state index contributed by atoms with van der Waals surface area (Å²) in [5.74, 6) is 0. The molecule has 0 N–H and O–H groups in total. The summed E-state index contributed by atoms with van der Waals surface area (Å²) in [6, 6.07) is 4.75. The summed E-state index contributed by atoms with van der Waals surface area (Å²) < 4.78 is 2.67. The van der Waals surface area contributed by atoms with Crippen LogP contribution in [0.3, 0.4) is 0 Å². The standard InChI is InChI=1S/C16H14Br2/c17-13-8-10-4-2-6-12-14(18)7-9-3-1-5-11(13)15(9)16(10)12/h7-8H,1-6H2. The van der Waals surface area contributed by atoms with E-state index >= 15 is 0 Å². The van der Waals surface area contributed by atoms with Gasteiger partial charge in [-0.15, -0.1) is 0 Å². The van der Waals surface area contributed by atoms with Crippen molar-refractivity contribution in [3.63, 3.8) is 0 Å². The first-order valence-electron chi connectivity index (χ1n) is 6.70. The van der Waals surface area contributed by atoms with Gasteiger partial charge in [0.25, 0.3) is 0 Å². The van der Waals surface area contributed by atoms with Crippen molar-refractivity contribution >= 4 is 42.6 Å². The average Bonchev–Trinajstić information content (AvgIpc) is 2.38. The molecule has 0 bridgehead atoms. The van der Waals surface area contributed by atoms with Crippen LogP contribution in [0.2, 0.25) is 0 Å². The summed E-state index contributed by atoms with van der Waals surface area (Å²) in [6.45, 7) is 0. The first-order chi connectivity index (χ1) is 8.75. The minimum Gasteiger partial charge on any atom is -0.0505 e.